The molecule has 0 aromatic heterocycles. The maximum Gasteiger partial charge on any atom is 0.0486 e. The van der Waals surface area contributed by atoms with Gasteiger partial charge in [-0.3, -0.25) is 0 Å². The molecule has 2 heteroatoms. The highest BCUT2D eigenvalue weighted by molar-refractivity contribution is 6.36. The summed E-state index contributed by atoms with van der Waals surface area (Å²) in [5, 5.41) is 6.72. The van der Waals surface area contributed by atoms with Gasteiger partial charge in [0.05, 0.1) is 0 Å². The molecule has 88 valence electrons. The highest BCUT2D eigenvalue weighted by Gasteiger charge is 2.21. The summed E-state index contributed by atoms with van der Waals surface area (Å²) in [6, 6.07) is 10.4. The summed E-state index contributed by atoms with van der Waals surface area (Å²) in [5.41, 5.74) is 5.02. The Morgan fingerprint density at radius 1 is 1.00 bits per heavy atom. The van der Waals surface area contributed by atoms with Crippen LogP contribution >= 0.6 is 11.6 Å². The fourth-order valence-electron chi connectivity index (χ4n) is 2.89. The molecule has 1 aliphatic heterocycles. The number of halogens is 1. The highest BCUT2D eigenvalue weighted by atomic mass is 35.5. The Labute approximate surface area is 111 Å². The Kier molecular flexibility index (Phi) is 2.06. The first-order valence-electron chi connectivity index (χ1n) is 6.24. The zero-order valence-electron chi connectivity index (χ0n) is 9.83. The van der Waals surface area contributed by atoms with Gasteiger partial charge in [0.25, 0.3) is 0 Å². The number of hydrogen-bond acceptors (Lipinski definition) is 1. The third kappa shape index (κ3) is 1.28. The molecule has 2 aliphatic rings. The van der Waals surface area contributed by atoms with Gasteiger partial charge in [0.1, 0.15) is 0 Å². The summed E-state index contributed by atoms with van der Waals surface area (Å²) in [5.74, 6) is 0. The minimum Gasteiger partial charge on any atom is -0.355 e. The minimum atomic E-state index is 0.821. The van der Waals surface area contributed by atoms with E-state index in [2.05, 4.69) is 41.7 Å². The fourth-order valence-corrected chi connectivity index (χ4v) is 3.11. The van der Waals surface area contributed by atoms with Gasteiger partial charge in [0.2, 0.25) is 0 Å². The maximum atomic E-state index is 6.30. The second-order valence-corrected chi connectivity index (χ2v) is 5.17. The Balaban J connectivity index is 2.15. The predicted molar refractivity (Wildman–Crippen MR) is 77.9 cm³/mol. The molecule has 2 aromatic rings. The van der Waals surface area contributed by atoms with Crippen LogP contribution in [0.2, 0.25) is 5.02 Å². The van der Waals surface area contributed by atoms with Gasteiger partial charge in [-0.05, 0) is 30.5 Å². The van der Waals surface area contributed by atoms with Crippen LogP contribution in [0, 0.1) is 0 Å². The molecule has 1 heterocycles. The van der Waals surface area contributed by atoms with Crippen LogP contribution in [0.25, 0.3) is 16.3 Å². The van der Waals surface area contributed by atoms with Crippen molar-refractivity contribution >= 4 is 33.6 Å². The van der Waals surface area contributed by atoms with Crippen molar-refractivity contribution in [2.45, 2.75) is 12.8 Å². The number of anilines is 1. The molecule has 0 saturated heterocycles. The van der Waals surface area contributed by atoms with Crippen molar-refractivity contribution in [1.82, 2.24) is 0 Å². The molecule has 1 aliphatic carbocycles. The monoisotopic (exact) mass is 253 g/mol. The smallest absolute Gasteiger partial charge is 0.0486 e. The normalized spacial score (nSPS) is 16.7. The third-order valence-corrected chi connectivity index (χ3v) is 4.03. The molecule has 0 radical (unpaired) electrons. The third-order valence-electron chi connectivity index (χ3n) is 3.70. The van der Waals surface area contributed by atoms with E-state index in [0.29, 0.717) is 0 Å². The molecular formula is C16H12ClN. The molecule has 0 amide bonds. The van der Waals surface area contributed by atoms with Crippen molar-refractivity contribution in [3.63, 3.8) is 0 Å². The average Bonchev–Trinajstić information content (AvgIpc) is 2.43. The van der Waals surface area contributed by atoms with Crippen LogP contribution in [0.3, 0.4) is 0 Å². The van der Waals surface area contributed by atoms with Crippen LogP contribution in [0.4, 0.5) is 5.69 Å². The summed E-state index contributed by atoms with van der Waals surface area (Å²) >= 11 is 6.30. The highest BCUT2D eigenvalue weighted by Crippen LogP contribution is 2.43. The summed E-state index contributed by atoms with van der Waals surface area (Å²) in [4.78, 5) is 0. The molecule has 4 rings (SSSR count). The Hall–Kier alpha value is -1.73. The van der Waals surface area contributed by atoms with Crippen LogP contribution in [-0.2, 0) is 0 Å². The topological polar surface area (TPSA) is 12.0 Å². The lowest BCUT2D eigenvalue weighted by atomic mass is 9.88. The predicted octanol–water partition coefficient (Wildman–Crippen LogP) is 4.98. The van der Waals surface area contributed by atoms with Gasteiger partial charge in [-0.25, -0.2) is 0 Å². The number of fused-ring (bicyclic) bond motifs is 2. The van der Waals surface area contributed by atoms with E-state index in [1.807, 2.05) is 6.07 Å². The van der Waals surface area contributed by atoms with Gasteiger partial charge in [0.15, 0.2) is 0 Å². The molecule has 2 aromatic carbocycles. The van der Waals surface area contributed by atoms with Gasteiger partial charge in [-0.2, -0.15) is 0 Å². The van der Waals surface area contributed by atoms with E-state index in [-0.39, 0.29) is 0 Å². The van der Waals surface area contributed by atoms with E-state index >= 15 is 0 Å². The number of rotatable bonds is 0. The summed E-state index contributed by atoms with van der Waals surface area (Å²) in [6.45, 7) is 0. The van der Waals surface area contributed by atoms with E-state index in [4.69, 9.17) is 11.6 Å². The largest absolute Gasteiger partial charge is 0.355 e. The van der Waals surface area contributed by atoms with Gasteiger partial charge in [-0.1, -0.05) is 42.0 Å². The fraction of sp³-hybridized carbons (Fsp3) is 0.125. The molecule has 1 nitrogen and oxygen atoms in total. The Morgan fingerprint density at radius 3 is 2.83 bits per heavy atom. The van der Waals surface area contributed by atoms with Gasteiger partial charge in [0, 0.05) is 32.8 Å². The van der Waals surface area contributed by atoms with E-state index in [1.165, 1.54) is 22.2 Å². The van der Waals surface area contributed by atoms with E-state index in [0.717, 1.165) is 28.9 Å². The Morgan fingerprint density at radius 2 is 1.89 bits per heavy atom. The molecule has 0 saturated carbocycles. The van der Waals surface area contributed by atoms with Crippen LogP contribution in [0.15, 0.2) is 48.2 Å². The van der Waals surface area contributed by atoms with Crippen LogP contribution in [-0.4, -0.2) is 0 Å². The van der Waals surface area contributed by atoms with Crippen molar-refractivity contribution in [2.75, 3.05) is 5.32 Å². The van der Waals surface area contributed by atoms with Crippen LogP contribution in [0.5, 0.6) is 0 Å². The first-order valence-corrected chi connectivity index (χ1v) is 6.62. The lowest BCUT2D eigenvalue weighted by Gasteiger charge is -2.27. The summed E-state index contributed by atoms with van der Waals surface area (Å²) in [6.07, 6.45) is 6.84. The van der Waals surface area contributed by atoms with Crippen LogP contribution in [0.1, 0.15) is 18.4 Å². The number of nitrogens with one attached hydrogen (secondary N) is 1. The maximum absolute atomic E-state index is 6.30. The Bertz CT molecular complexity index is 725. The van der Waals surface area contributed by atoms with E-state index in [1.54, 1.807) is 0 Å². The second-order valence-electron chi connectivity index (χ2n) is 4.76. The quantitative estimate of drug-likeness (QED) is 0.698. The lowest BCUT2D eigenvalue weighted by molar-refractivity contribution is 1.02. The van der Waals surface area contributed by atoms with Crippen molar-refractivity contribution in [3.05, 3.63) is 58.8 Å². The first kappa shape index (κ1) is 10.2. The lowest BCUT2D eigenvalue weighted by Crippen LogP contribution is -2.11. The molecule has 0 bridgehead atoms. The first-order chi connectivity index (χ1) is 8.84. The SMILES string of the molecule is Clc1ccc2c3c(cccc13)C1=CCCC=C1N2. The van der Waals surface area contributed by atoms with Crippen molar-refractivity contribution < 1.29 is 0 Å². The minimum absolute atomic E-state index is 0.821. The molecule has 0 fully saturated rings. The van der Waals surface area contributed by atoms with Crippen molar-refractivity contribution in [3.8, 4) is 0 Å². The average molecular weight is 254 g/mol. The zero-order valence-corrected chi connectivity index (χ0v) is 10.6. The van der Waals surface area contributed by atoms with Crippen molar-refractivity contribution in [1.29, 1.82) is 0 Å². The molecule has 0 atom stereocenters. The molecular weight excluding hydrogens is 242 g/mol. The summed E-state index contributed by atoms with van der Waals surface area (Å²) in [7, 11) is 0. The number of hydrogen-bond donors (Lipinski definition) is 1. The number of allylic oxidation sites excluding steroid dienone is 3. The molecule has 1 N–H and O–H groups in total. The zero-order chi connectivity index (χ0) is 12.1. The molecule has 0 unspecified atom stereocenters. The van der Waals surface area contributed by atoms with Crippen LogP contribution < -0.4 is 5.32 Å². The van der Waals surface area contributed by atoms with Gasteiger partial charge in [-0.15, -0.1) is 0 Å². The second kappa shape index (κ2) is 3.63. The molecule has 0 spiro atoms. The van der Waals surface area contributed by atoms with E-state index < -0.39 is 0 Å². The van der Waals surface area contributed by atoms with Crippen molar-refractivity contribution in [2.24, 2.45) is 0 Å². The van der Waals surface area contributed by atoms with E-state index in [9.17, 15) is 0 Å². The molecule has 18 heavy (non-hydrogen) atoms. The number of benzene rings is 2. The summed E-state index contributed by atoms with van der Waals surface area (Å²) < 4.78 is 0. The van der Waals surface area contributed by atoms with Gasteiger partial charge >= 0.3 is 0 Å². The standard InChI is InChI=1S/C16H12ClN/c17-13-8-9-15-16-11(5-3-6-12(13)16)10-4-1-2-7-14(10)18-15/h3-9,18H,1-2H2. The van der Waals surface area contributed by atoms with Gasteiger partial charge < -0.3 is 5.32 Å².